The van der Waals surface area contributed by atoms with Gasteiger partial charge in [0.2, 0.25) is 11.8 Å². The van der Waals surface area contributed by atoms with E-state index in [0.717, 1.165) is 11.6 Å². The van der Waals surface area contributed by atoms with Crippen molar-refractivity contribution in [2.24, 2.45) is 5.92 Å². The standard InChI is InChI=1S/C28H33F2N7O4S/c1-15(2)22-28-34-21(14-42-28)27(41)33-19(12-16-8-4-3-5-9-16)24(38)31-11-7-6-10-17(25(39)35-22)32-26(40)20-13-18(23(29)30)36-37-20/h3-5,8-9,13-15,17,19,22-23H,6-7,10-12H2,1-2H3,(H,31,38)(H,32,40)(H,33,41)(H,35,39)(H,36,37)/t17-,19+,22+/m0/s1. The first-order valence-corrected chi connectivity index (χ1v) is 14.5. The number of alkyl halides is 2. The molecular formula is C28H33F2N7O4S. The summed E-state index contributed by atoms with van der Waals surface area (Å²) in [6.45, 7) is 4.04. The lowest BCUT2D eigenvalue weighted by Gasteiger charge is -2.25. The highest BCUT2D eigenvalue weighted by atomic mass is 32.1. The van der Waals surface area contributed by atoms with Crippen molar-refractivity contribution in [1.82, 2.24) is 36.4 Å². The molecule has 42 heavy (non-hydrogen) atoms. The van der Waals surface area contributed by atoms with Crippen LogP contribution in [0.15, 0.2) is 41.8 Å². The number of hydrogen-bond donors (Lipinski definition) is 5. The van der Waals surface area contributed by atoms with E-state index in [1.165, 1.54) is 11.3 Å². The molecule has 0 fully saturated rings. The molecule has 0 aliphatic carbocycles. The molecule has 1 aromatic carbocycles. The van der Waals surface area contributed by atoms with Crippen LogP contribution in [-0.2, 0) is 16.0 Å². The Hall–Kier alpha value is -4.20. The Morgan fingerprint density at radius 1 is 1.10 bits per heavy atom. The number of H-pyrrole nitrogens is 1. The number of nitrogens with zero attached hydrogens (tertiary/aromatic N) is 2. The molecule has 3 heterocycles. The second kappa shape index (κ2) is 14.1. The highest BCUT2D eigenvalue weighted by Crippen LogP contribution is 2.26. The molecule has 2 aromatic heterocycles. The molecule has 5 N–H and O–H groups in total. The summed E-state index contributed by atoms with van der Waals surface area (Å²) in [6.07, 6.45) is -1.39. The van der Waals surface area contributed by atoms with Crippen LogP contribution in [0.1, 0.15) is 82.8 Å². The van der Waals surface area contributed by atoms with Crippen LogP contribution in [0.5, 0.6) is 0 Å². The Morgan fingerprint density at radius 2 is 1.86 bits per heavy atom. The highest BCUT2D eigenvalue weighted by Gasteiger charge is 2.30. The molecule has 0 radical (unpaired) electrons. The lowest BCUT2D eigenvalue weighted by atomic mass is 10.0. The Kier molecular flexibility index (Phi) is 10.3. The molecule has 3 atom stereocenters. The number of thiazole rings is 1. The first kappa shape index (κ1) is 30.8. The average molecular weight is 602 g/mol. The van der Waals surface area contributed by atoms with Crippen molar-refractivity contribution in [3.8, 4) is 0 Å². The maximum Gasteiger partial charge on any atom is 0.279 e. The van der Waals surface area contributed by atoms with Crippen molar-refractivity contribution in [3.05, 3.63) is 69.4 Å². The SMILES string of the molecule is CC(C)[C@H]1NC(=O)[C@@H](NC(=O)c2cc(C(F)F)[nH]n2)CCCCNC(=O)[C@@H](Cc2ccccc2)NC(=O)c2csc1n2. The molecule has 4 amide bonds. The summed E-state index contributed by atoms with van der Waals surface area (Å²) >= 11 is 1.20. The third-order valence-electron chi connectivity index (χ3n) is 6.80. The van der Waals surface area contributed by atoms with Crippen LogP contribution in [0.25, 0.3) is 0 Å². The lowest BCUT2D eigenvalue weighted by Crippen LogP contribution is -2.49. The second-order valence-electron chi connectivity index (χ2n) is 10.3. The number of aromatic amines is 1. The number of rotatable bonds is 6. The van der Waals surface area contributed by atoms with E-state index in [1.807, 2.05) is 44.2 Å². The first-order chi connectivity index (χ1) is 20.1. The number of aromatic nitrogens is 3. The summed E-state index contributed by atoms with van der Waals surface area (Å²) < 4.78 is 25.9. The summed E-state index contributed by atoms with van der Waals surface area (Å²) in [5, 5.41) is 19.0. The van der Waals surface area contributed by atoms with Crippen molar-refractivity contribution in [1.29, 1.82) is 0 Å². The summed E-state index contributed by atoms with van der Waals surface area (Å²) in [7, 11) is 0. The Labute approximate surface area is 245 Å². The van der Waals surface area contributed by atoms with Crippen LogP contribution in [-0.4, -0.2) is 57.4 Å². The lowest BCUT2D eigenvalue weighted by molar-refractivity contribution is -0.124. The molecule has 11 nitrogen and oxygen atoms in total. The van der Waals surface area contributed by atoms with Crippen molar-refractivity contribution < 1.29 is 28.0 Å². The van der Waals surface area contributed by atoms with Crippen LogP contribution in [0.3, 0.4) is 0 Å². The number of nitrogens with one attached hydrogen (secondary N) is 5. The van der Waals surface area contributed by atoms with Crippen molar-refractivity contribution in [3.63, 3.8) is 0 Å². The van der Waals surface area contributed by atoms with Gasteiger partial charge in [-0.1, -0.05) is 44.2 Å². The number of carbonyl (C=O) groups is 4. The molecule has 0 saturated heterocycles. The molecule has 2 bridgehead atoms. The number of carbonyl (C=O) groups excluding carboxylic acids is 4. The maximum absolute atomic E-state index is 13.4. The van der Waals surface area contributed by atoms with E-state index in [2.05, 4.69) is 36.4 Å². The first-order valence-electron chi connectivity index (χ1n) is 13.6. The summed E-state index contributed by atoms with van der Waals surface area (Å²) in [4.78, 5) is 56.9. The van der Waals surface area contributed by atoms with Gasteiger partial charge >= 0.3 is 0 Å². The number of hydrogen-bond acceptors (Lipinski definition) is 7. The van der Waals surface area contributed by atoms with E-state index in [9.17, 15) is 28.0 Å². The Morgan fingerprint density at radius 3 is 2.55 bits per heavy atom. The Bertz CT molecular complexity index is 1400. The topological polar surface area (TPSA) is 158 Å². The smallest absolute Gasteiger partial charge is 0.279 e. The van der Waals surface area contributed by atoms with E-state index >= 15 is 0 Å². The molecular weight excluding hydrogens is 568 g/mol. The van der Waals surface area contributed by atoms with Crippen LogP contribution in [0, 0.1) is 5.92 Å². The minimum absolute atomic E-state index is 0.117. The highest BCUT2D eigenvalue weighted by molar-refractivity contribution is 7.09. The van der Waals surface area contributed by atoms with Gasteiger partial charge in [-0.15, -0.1) is 11.3 Å². The quantitative estimate of drug-likeness (QED) is 0.292. The van der Waals surface area contributed by atoms with E-state index < -0.39 is 48.0 Å². The minimum Gasteiger partial charge on any atom is -0.354 e. The van der Waals surface area contributed by atoms with Gasteiger partial charge in [-0.3, -0.25) is 24.3 Å². The van der Waals surface area contributed by atoms with Gasteiger partial charge in [-0.05, 0) is 36.8 Å². The van der Waals surface area contributed by atoms with Gasteiger partial charge in [0.1, 0.15) is 34.2 Å². The number of benzene rings is 1. The predicted molar refractivity (Wildman–Crippen MR) is 151 cm³/mol. The number of amides is 4. The van der Waals surface area contributed by atoms with Gasteiger partial charge in [-0.2, -0.15) is 5.10 Å². The average Bonchev–Trinajstić information content (AvgIpc) is 3.65. The molecule has 0 saturated carbocycles. The molecule has 0 spiro atoms. The molecule has 3 aromatic rings. The summed E-state index contributed by atoms with van der Waals surface area (Å²) in [6, 6.07) is 7.85. The van der Waals surface area contributed by atoms with Gasteiger partial charge < -0.3 is 21.3 Å². The fourth-order valence-corrected chi connectivity index (χ4v) is 5.49. The minimum atomic E-state index is -2.83. The third-order valence-corrected chi connectivity index (χ3v) is 7.72. The second-order valence-corrected chi connectivity index (χ2v) is 11.2. The summed E-state index contributed by atoms with van der Waals surface area (Å²) in [5.74, 6) is -2.26. The largest absolute Gasteiger partial charge is 0.354 e. The van der Waals surface area contributed by atoms with E-state index in [4.69, 9.17) is 0 Å². The fourth-order valence-electron chi connectivity index (χ4n) is 4.47. The van der Waals surface area contributed by atoms with Gasteiger partial charge in [0, 0.05) is 18.3 Å². The van der Waals surface area contributed by atoms with Crippen LogP contribution >= 0.6 is 11.3 Å². The predicted octanol–water partition coefficient (Wildman–Crippen LogP) is 3.06. The van der Waals surface area contributed by atoms with Gasteiger partial charge in [0.05, 0.1) is 6.04 Å². The van der Waals surface area contributed by atoms with E-state index in [-0.39, 0.29) is 42.6 Å². The molecule has 224 valence electrons. The molecule has 14 heteroatoms. The monoisotopic (exact) mass is 601 g/mol. The zero-order valence-electron chi connectivity index (χ0n) is 23.2. The van der Waals surface area contributed by atoms with E-state index in [1.54, 1.807) is 5.38 Å². The molecule has 4 rings (SSSR count). The summed E-state index contributed by atoms with van der Waals surface area (Å²) in [5.41, 5.74) is 0.224. The van der Waals surface area contributed by atoms with Crippen molar-refractivity contribution in [2.75, 3.05) is 6.54 Å². The van der Waals surface area contributed by atoms with Gasteiger partial charge in [0.15, 0.2) is 0 Å². The number of fused-ring (bicyclic) bond motifs is 2. The van der Waals surface area contributed by atoms with Gasteiger partial charge in [-0.25, -0.2) is 13.8 Å². The third kappa shape index (κ3) is 7.96. The van der Waals surface area contributed by atoms with Gasteiger partial charge in [0.25, 0.3) is 18.2 Å². The zero-order chi connectivity index (χ0) is 30.2. The molecule has 0 unspecified atom stereocenters. The fraction of sp³-hybridized carbons (Fsp3) is 0.429. The maximum atomic E-state index is 13.4. The Balaban J connectivity index is 1.56. The van der Waals surface area contributed by atoms with Crippen LogP contribution < -0.4 is 21.3 Å². The molecule has 1 aliphatic rings. The van der Waals surface area contributed by atoms with E-state index in [0.29, 0.717) is 17.8 Å². The normalized spacial score (nSPS) is 20.6. The van der Waals surface area contributed by atoms with Crippen LogP contribution in [0.4, 0.5) is 8.78 Å². The van der Waals surface area contributed by atoms with Crippen molar-refractivity contribution >= 4 is 35.0 Å². The number of halogens is 2. The zero-order valence-corrected chi connectivity index (χ0v) is 24.0. The van der Waals surface area contributed by atoms with Crippen LogP contribution in [0.2, 0.25) is 0 Å². The molecule has 1 aliphatic heterocycles. The van der Waals surface area contributed by atoms with Crippen molar-refractivity contribution in [2.45, 2.75) is 64.1 Å².